The highest BCUT2D eigenvalue weighted by molar-refractivity contribution is 7.89. The predicted molar refractivity (Wildman–Crippen MR) is 88.7 cm³/mol. The molecule has 1 aliphatic heterocycles. The number of fused-ring (bicyclic) bond motifs is 1. The average molecular weight is 337 g/mol. The van der Waals surface area contributed by atoms with Crippen molar-refractivity contribution >= 4 is 21.6 Å². The van der Waals surface area contributed by atoms with Crippen LogP contribution in [0.15, 0.2) is 23.1 Å². The monoisotopic (exact) mass is 337 g/mol. The van der Waals surface area contributed by atoms with Gasteiger partial charge in [-0.15, -0.1) is 0 Å². The molecule has 1 amide bonds. The Morgan fingerprint density at radius 1 is 1.35 bits per heavy atom. The Hall–Kier alpha value is -1.44. The van der Waals surface area contributed by atoms with Crippen LogP contribution < -0.4 is 15.4 Å². The number of anilines is 1. The van der Waals surface area contributed by atoms with Crippen LogP contribution in [0.25, 0.3) is 0 Å². The molecule has 3 rings (SSSR count). The minimum absolute atomic E-state index is 0.0771. The number of benzene rings is 1. The summed E-state index contributed by atoms with van der Waals surface area (Å²) < 4.78 is 26.9. The minimum atomic E-state index is -3.53. The zero-order valence-corrected chi connectivity index (χ0v) is 14.2. The summed E-state index contributed by atoms with van der Waals surface area (Å²) in [6, 6.07) is 4.99. The molecule has 126 valence electrons. The molecule has 3 N–H and O–H groups in total. The standard InChI is InChI=1S/C16H23N3O3S/c1-2-18-23(21,22)13-6-5-12-7-10-19(14(12)11-13)15(20)16(17)8-3-4-9-16/h5-6,11,18H,2-4,7-10,17H2,1H3. The fourth-order valence-corrected chi connectivity index (χ4v) is 4.56. The molecule has 0 unspecified atom stereocenters. The lowest BCUT2D eigenvalue weighted by Gasteiger charge is -2.29. The second kappa shape index (κ2) is 5.89. The summed E-state index contributed by atoms with van der Waals surface area (Å²) in [6.07, 6.45) is 4.08. The van der Waals surface area contributed by atoms with Crippen molar-refractivity contribution in [3.63, 3.8) is 0 Å². The van der Waals surface area contributed by atoms with Crippen molar-refractivity contribution in [2.75, 3.05) is 18.0 Å². The first-order valence-corrected chi connectivity index (χ1v) is 9.59. The number of carbonyl (C=O) groups excluding carboxylic acids is 1. The third-order valence-electron chi connectivity index (χ3n) is 4.76. The molecule has 0 spiro atoms. The summed E-state index contributed by atoms with van der Waals surface area (Å²) in [5.74, 6) is -0.0771. The van der Waals surface area contributed by atoms with Gasteiger partial charge in [-0.25, -0.2) is 13.1 Å². The lowest BCUT2D eigenvalue weighted by Crippen LogP contribution is -2.53. The van der Waals surface area contributed by atoms with Crippen LogP contribution in [0.5, 0.6) is 0 Å². The fraction of sp³-hybridized carbons (Fsp3) is 0.562. The summed E-state index contributed by atoms with van der Waals surface area (Å²) in [7, 11) is -3.53. The van der Waals surface area contributed by atoms with Crippen LogP contribution in [0.3, 0.4) is 0 Å². The first kappa shape index (κ1) is 16.4. The van der Waals surface area contributed by atoms with E-state index in [1.54, 1.807) is 30.0 Å². The topological polar surface area (TPSA) is 92.5 Å². The lowest BCUT2D eigenvalue weighted by molar-refractivity contribution is -0.123. The molecule has 1 aromatic carbocycles. The molecule has 1 aliphatic carbocycles. The molecule has 0 atom stereocenters. The smallest absolute Gasteiger partial charge is 0.247 e. The molecule has 1 fully saturated rings. The zero-order valence-electron chi connectivity index (χ0n) is 13.3. The van der Waals surface area contributed by atoms with Gasteiger partial charge in [0, 0.05) is 18.8 Å². The molecule has 0 bridgehead atoms. The lowest BCUT2D eigenvalue weighted by atomic mass is 9.97. The summed E-state index contributed by atoms with van der Waals surface area (Å²) in [6.45, 7) is 2.63. The number of amides is 1. The largest absolute Gasteiger partial charge is 0.317 e. The molecule has 2 aliphatic rings. The highest BCUT2D eigenvalue weighted by atomic mass is 32.2. The van der Waals surface area contributed by atoms with E-state index in [9.17, 15) is 13.2 Å². The number of nitrogens with zero attached hydrogens (tertiary/aromatic N) is 1. The second-order valence-corrected chi connectivity index (χ2v) is 8.13. The van der Waals surface area contributed by atoms with Crippen LogP contribution in [0, 0.1) is 0 Å². The van der Waals surface area contributed by atoms with E-state index in [2.05, 4.69) is 4.72 Å². The summed E-state index contributed by atoms with van der Waals surface area (Å²) in [4.78, 5) is 14.7. The van der Waals surface area contributed by atoms with Gasteiger partial charge in [-0.3, -0.25) is 4.79 Å². The minimum Gasteiger partial charge on any atom is -0.317 e. The molecule has 1 saturated carbocycles. The van der Waals surface area contributed by atoms with Gasteiger partial charge in [0.1, 0.15) is 0 Å². The molecular weight excluding hydrogens is 314 g/mol. The van der Waals surface area contributed by atoms with E-state index in [-0.39, 0.29) is 10.8 Å². The molecule has 0 saturated heterocycles. The Morgan fingerprint density at radius 2 is 2.04 bits per heavy atom. The first-order chi connectivity index (χ1) is 10.9. The molecular formula is C16H23N3O3S. The van der Waals surface area contributed by atoms with Gasteiger partial charge in [0.05, 0.1) is 10.4 Å². The van der Waals surface area contributed by atoms with E-state index in [0.29, 0.717) is 31.6 Å². The Bertz CT molecular complexity index is 724. The van der Waals surface area contributed by atoms with E-state index in [4.69, 9.17) is 5.73 Å². The Balaban J connectivity index is 1.94. The van der Waals surface area contributed by atoms with Crippen molar-refractivity contribution in [1.29, 1.82) is 0 Å². The maximum absolute atomic E-state index is 12.9. The van der Waals surface area contributed by atoms with Crippen LogP contribution in [-0.2, 0) is 21.2 Å². The van der Waals surface area contributed by atoms with Crippen LogP contribution in [0.1, 0.15) is 38.2 Å². The Labute approximate surface area is 137 Å². The molecule has 23 heavy (non-hydrogen) atoms. The number of rotatable bonds is 4. The van der Waals surface area contributed by atoms with E-state index in [1.165, 1.54) is 0 Å². The molecule has 7 heteroatoms. The highest BCUT2D eigenvalue weighted by Crippen LogP contribution is 2.35. The highest BCUT2D eigenvalue weighted by Gasteiger charge is 2.42. The van der Waals surface area contributed by atoms with Crippen molar-refractivity contribution in [3.05, 3.63) is 23.8 Å². The molecule has 1 heterocycles. The van der Waals surface area contributed by atoms with Gasteiger partial charge in [-0.2, -0.15) is 0 Å². The number of hydrogen-bond acceptors (Lipinski definition) is 4. The average Bonchev–Trinajstić information content (AvgIpc) is 3.13. The summed E-state index contributed by atoms with van der Waals surface area (Å²) in [5, 5.41) is 0. The van der Waals surface area contributed by atoms with E-state index >= 15 is 0 Å². The van der Waals surface area contributed by atoms with E-state index in [0.717, 1.165) is 24.8 Å². The van der Waals surface area contributed by atoms with Gasteiger partial charge in [0.2, 0.25) is 15.9 Å². The maximum atomic E-state index is 12.9. The van der Waals surface area contributed by atoms with E-state index < -0.39 is 15.6 Å². The van der Waals surface area contributed by atoms with Gasteiger partial charge in [0.15, 0.2) is 0 Å². The summed E-state index contributed by atoms with van der Waals surface area (Å²) in [5.41, 5.74) is 7.18. The van der Waals surface area contributed by atoms with E-state index in [1.807, 2.05) is 0 Å². The number of sulfonamides is 1. The third kappa shape index (κ3) is 2.88. The van der Waals surface area contributed by atoms with Crippen molar-refractivity contribution in [3.8, 4) is 0 Å². The molecule has 0 aromatic heterocycles. The normalized spacial score (nSPS) is 19.8. The SMILES string of the molecule is CCNS(=O)(=O)c1ccc2c(c1)N(C(=O)C1(N)CCCC1)CC2. The number of nitrogens with one attached hydrogen (secondary N) is 1. The number of carbonyl (C=O) groups is 1. The van der Waals surface area contributed by atoms with Gasteiger partial charge < -0.3 is 10.6 Å². The fourth-order valence-electron chi connectivity index (χ4n) is 3.50. The summed E-state index contributed by atoms with van der Waals surface area (Å²) >= 11 is 0. The molecule has 1 aromatic rings. The number of nitrogens with two attached hydrogens (primary N) is 1. The first-order valence-electron chi connectivity index (χ1n) is 8.11. The number of hydrogen-bond donors (Lipinski definition) is 2. The van der Waals surface area contributed by atoms with Crippen molar-refractivity contribution in [1.82, 2.24) is 4.72 Å². The van der Waals surface area contributed by atoms with Gasteiger partial charge in [-0.05, 0) is 37.0 Å². The Morgan fingerprint density at radius 3 is 2.70 bits per heavy atom. The van der Waals surface area contributed by atoms with Crippen LogP contribution in [-0.4, -0.2) is 33.0 Å². The van der Waals surface area contributed by atoms with Crippen LogP contribution in [0.2, 0.25) is 0 Å². The Kier molecular flexibility index (Phi) is 4.20. The van der Waals surface area contributed by atoms with Gasteiger partial charge in [0.25, 0.3) is 0 Å². The van der Waals surface area contributed by atoms with Gasteiger partial charge in [-0.1, -0.05) is 25.8 Å². The third-order valence-corrected chi connectivity index (χ3v) is 6.31. The second-order valence-electron chi connectivity index (χ2n) is 6.36. The molecule has 0 radical (unpaired) electrons. The molecule has 6 nitrogen and oxygen atoms in total. The van der Waals surface area contributed by atoms with Crippen molar-refractivity contribution < 1.29 is 13.2 Å². The van der Waals surface area contributed by atoms with Gasteiger partial charge >= 0.3 is 0 Å². The zero-order chi connectivity index (χ0) is 16.7. The van der Waals surface area contributed by atoms with Crippen LogP contribution in [0.4, 0.5) is 5.69 Å². The quantitative estimate of drug-likeness (QED) is 0.862. The predicted octanol–water partition coefficient (Wildman–Crippen LogP) is 1.15. The van der Waals surface area contributed by atoms with Crippen molar-refractivity contribution in [2.45, 2.75) is 49.5 Å². The van der Waals surface area contributed by atoms with Crippen molar-refractivity contribution in [2.24, 2.45) is 5.73 Å². The maximum Gasteiger partial charge on any atom is 0.247 e. The van der Waals surface area contributed by atoms with Crippen LogP contribution >= 0.6 is 0 Å².